The quantitative estimate of drug-likeness (QED) is 0.411. The first-order chi connectivity index (χ1) is 15.3. The van der Waals surface area contributed by atoms with Crippen LogP contribution in [0.25, 0.3) is 11.4 Å². The number of amides is 2. The largest absolute Gasteiger partial charge is 0.457 e. The number of anilines is 1. The Balaban J connectivity index is 0.00000114. The number of hydrogen-bond donors (Lipinski definition) is 4. The molecule has 0 saturated heterocycles. The van der Waals surface area contributed by atoms with E-state index >= 15 is 0 Å². The van der Waals surface area contributed by atoms with Gasteiger partial charge in [0.25, 0.3) is 5.91 Å². The van der Waals surface area contributed by atoms with Crippen LogP contribution in [-0.2, 0) is 11.4 Å². The van der Waals surface area contributed by atoms with Crippen LogP contribution in [0.2, 0.25) is 0 Å². The molecule has 9 nitrogen and oxygen atoms in total. The van der Waals surface area contributed by atoms with Gasteiger partial charge in [0.2, 0.25) is 6.41 Å². The van der Waals surface area contributed by atoms with Crippen LogP contribution in [0.1, 0.15) is 29.9 Å². The molecule has 3 rings (SSSR count). The Hall–Kier alpha value is -4.05. The van der Waals surface area contributed by atoms with Gasteiger partial charge in [-0.15, -0.1) is 0 Å². The lowest BCUT2D eigenvalue weighted by atomic mass is 10.1. The summed E-state index contributed by atoms with van der Waals surface area (Å²) in [6.07, 6.45) is 0.250. The highest BCUT2D eigenvalue weighted by Gasteiger charge is 2.14. The molecule has 3 aromatic rings. The fraction of sp³-hybridized carbons (Fsp3) is 0.182. The van der Waals surface area contributed by atoms with E-state index in [4.69, 9.17) is 15.3 Å². The third-order valence-corrected chi connectivity index (χ3v) is 3.95. The average molecular weight is 441 g/mol. The summed E-state index contributed by atoms with van der Waals surface area (Å²) in [5, 5.41) is 12.9. The number of nitrogens with two attached hydrogens (primary N) is 2. The molecule has 0 aliphatic carbocycles. The second kappa shape index (κ2) is 11.4. The molecule has 2 aromatic carbocycles. The molecule has 0 saturated carbocycles. The molecule has 10 heteroatoms. The van der Waals surface area contributed by atoms with Gasteiger partial charge in [-0.05, 0) is 56.3 Å². The fourth-order valence-corrected chi connectivity index (χ4v) is 2.64. The lowest BCUT2D eigenvalue weighted by Gasteiger charge is -2.13. The second-order valence-electron chi connectivity index (χ2n) is 6.80. The van der Waals surface area contributed by atoms with Gasteiger partial charge in [0.1, 0.15) is 28.8 Å². The molecule has 168 valence electrons. The summed E-state index contributed by atoms with van der Waals surface area (Å²) in [5.74, 6) is 0.564. The summed E-state index contributed by atoms with van der Waals surface area (Å²) in [6, 6.07) is 12.2. The highest BCUT2D eigenvalue weighted by atomic mass is 19.1. The van der Waals surface area contributed by atoms with Crippen molar-refractivity contribution in [1.82, 2.24) is 9.97 Å². The van der Waals surface area contributed by atoms with E-state index in [0.717, 1.165) is 0 Å². The molecule has 0 fully saturated rings. The van der Waals surface area contributed by atoms with Crippen molar-refractivity contribution < 1.29 is 23.8 Å². The van der Waals surface area contributed by atoms with E-state index in [0.29, 0.717) is 28.4 Å². The van der Waals surface area contributed by atoms with Gasteiger partial charge >= 0.3 is 0 Å². The molecule has 1 heterocycles. The summed E-state index contributed by atoms with van der Waals surface area (Å²) in [6.45, 7) is 3.59. The molecule has 0 unspecified atom stereocenters. The summed E-state index contributed by atoms with van der Waals surface area (Å²) < 4.78 is 18.8. The van der Waals surface area contributed by atoms with Crippen molar-refractivity contribution in [3.8, 4) is 22.9 Å². The number of carbonyl (C=O) groups excluding carboxylic acids is 2. The molecule has 0 atom stereocenters. The van der Waals surface area contributed by atoms with Crippen LogP contribution < -0.4 is 21.5 Å². The van der Waals surface area contributed by atoms with E-state index in [9.17, 15) is 14.3 Å². The van der Waals surface area contributed by atoms with Crippen LogP contribution in [0.3, 0.4) is 0 Å². The van der Waals surface area contributed by atoms with E-state index in [-0.39, 0.29) is 36.4 Å². The second-order valence-corrected chi connectivity index (χ2v) is 6.80. The first kappa shape index (κ1) is 24.2. The zero-order valence-electron chi connectivity index (χ0n) is 17.6. The van der Waals surface area contributed by atoms with Crippen molar-refractivity contribution in [1.29, 1.82) is 0 Å². The van der Waals surface area contributed by atoms with Crippen LogP contribution in [0.4, 0.5) is 10.2 Å². The average Bonchev–Trinajstić information content (AvgIpc) is 2.75. The number of benzene rings is 2. The van der Waals surface area contributed by atoms with Crippen molar-refractivity contribution >= 4 is 18.1 Å². The Morgan fingerprint density at radius 2 is 1.84 bits per heavy atom. The van der Waals surface area contributed by atoms with Gasteiger partial charge in [-0.25, -0.2) is 14.4 Å². The number of hydrogen-bond acceptors (Lipinski definition) is 7. The van der Waals surface area contributed by atoms with Gasteiger partial charge in [0, 0.05) is 23.2 Å². The van der Waals surface area contributed by atoms with Crippen molar-refractivity contribution in [2.75, 3.05) is 5.32 Å². The number of aliphatic hydroxyl groups excluding tert-OH is 1. The standard InChI is InChI=1S/C21H21FN4O3.CH3NO/c1-12(2)24-19-10-17(20(23)28)25-21(26-19)13-3-8-18(14(9-13)11-27)29-16-6-4-15(22)5-7-16;2-1-3/h3-10,12,27H,11H2,1-2H3,(H2,23,28)(H,24,25,26);1H,(H2,2,3). The predicted molar refractivity (Wildman–Crippen MR) is 117 cm³/mol. The monoisotopic (exact) mass is 441 g/mol. The minimum atomic E-state index is -0.667. The zero-order chi connectivity index (χ0) is 23.7. The van der Waals surface area contributed by atoms with Crippen molar-refractivity contribution in [3.63, 3.8) is 0 Å². The molecule has 6 N–H and O–H groups in total. The summed E-state index contributed by atoms with van der Waals surface area (Å²) >= 11 is 0. The van der Waals surface area contributed by atoms with Gasteiger partial charge in [-0.3, -0.25) is 9.59 Å². The number of primary amides is 2. The molecular weight excluding hydrogens is 417 g/mol. The Bertz CT molecular complexity index is 1070. The number of rotatable bonds is 7. The minimum Gasteiger partial charge on any atom is -0.457 e. The number of aliphatic hydroxyl groups is 1. The number of halogens is 1. The van der Waals surface area contributed by atoms with E-state index in [2.05, 4.69) is 21.0 Å². The van der Waals surface area contributed by atoms with Crippen LogP contribution in [-0.4, -0.2) is 33.4 Å². The molecule has 32 heavy (non-hydrogen) atoms. The van der Waals surface area contributed by atoms with Crippen LogP contribution >= 0.6 is 0 Å². The van der Waals surface area contributed by atoms with Gasteiger partial charge < -0.3 is 26.6 Å². The predicted octanol–water partition coefficient (Wildman–Crippen LogP) is 2.59. The smallest absolute Gasteiger partial charge is 0.267 e. The van der Waals surface area contributed by atoms with Gasteiger partial charge in [-0.2, -0.15) is 0 Å². The Kier molecular flexibility index (Phi) is 8.61. The zero-order valence-corrected chi connectivity index (χ0v) is 17.6. The summed E-state index contributed by atoms with van der Waals surface area (Å²) in [4.78, 5) is 28.9. The number of carbonyl (C=O) groups is 2. The number of ether oxygens (including phenoxy) is 1. The minimum absolute atomic E-state index is 0.0790. The summed E-state index contributed by atoms with van der Waals surface area (Å²) in [5.41, 5.74) is 10.7. The SMILES string of the molecule is CC(C)Nc1cc(C(N)=O)nc(-c2ccc(Oc3ccc(F)cc3)c(CO)c2)n1.NC=O. The Labute approximate surface area is 184 Å². The van der Waals surface area contributed by atoms with Crippen molar-refractivity contribution in [2.24, 2.45) is 11.5 Å². The van der Waals surface area contributed by atoms with E-state index < -0.39 is 5.91 Å². The first-order valence-electron chi connectivity index (χ1n) is 9.55. The highest BCUT2D eigenvalue weighted by Crippen LogP contribution is 2.30. The Morgan fingerprint density at radius 1 is 1.19 bits per heavy atom. The third kappa shape index (κ3) is 6.74. The number of nitrogens with one attached hydrogen (secondary N) is 1. The van der Waals surface area contributed by atoms with Crippen LogP contribution in [0.5, 0.6) is 11.5 Å². The molecule has 1 aromatic heterocycles. The van der Waals surface area contributed by atoms with Crippen molar-refractivity contribution in [2.45, 2.75) is 26.5 Å². The summed E-state index contributed by atoms with van der Waals surface area (Å²) in [7, 11) is 0. The lowest BCUT2D eigenvalue weighted by Crippen LogP contribution is -2.17. The van der Waals surface area contributed by atoms with E-state index in [1.165, 1.54) is 30.3 Å². The maximum Gasteiger partial charge on any atom is 0.267 e. The normalized spacial score (nSPS) is 10.2. The molecule has 0 bridgehead atoms. The van der Waals surface area contributed by atoms with Gasteiger partial charge in [-0.1, -0.05) is 0 Å². The van der Waals surface area contributed by atoms with Gasteiger partial charge in [0.05, 0.1) is 6.61 Å². The van der Waals surface area contributed by atoms with Crippen LogP contribution in [0, 0.1) is 5.82 Å². The molecular formula is C22H24FN5O4. The fourth-order valence-electron chi connectivity index (χ4n) is 2.64. The van der Waals surface area contributed by atoms with Crippen LogP contribution in [0.15, 0.2) is 48.5 Å². The lowest BCUT2D eigenvalue weighted by molar-refractivity contribution is -0.106. The molecule has 2 amide bonds. The molecule has 0 aliphatic rings. The Morgan fingerprint density at radius 3 is 2.41 bits per heavy atom. The highest BCUT2D eigenvalue weighted by molar-refractivity contribution is 5.92. The molecule has 0 spiro atoms. The first-order valence-corrected chi connectivity index (χ1v) is 9.55. The van der Waals surface area contributed by atoms with E-state index in [1.807, 2.05) is 13.8 Å². The van der Waals surface area contributed by atoms with Crippen molar-refractivity contribution in [3.05, 3.63) is 65.6 Å². The number of aromatic nitrogens is 2. The molecule has 0 aliphatic heterocycles. The maximum absolute atomic E-state index is 13.1. The topological polar surface area (TPSA) is 153 Å². The number of nitrogens with zero attached hydrogens (tertiary/aromatic N) is 2. The van der Waals surface area contributed by atoms with Gasteiger partial charge in [0.15, 0.2) is 5.82 Å². The van der Waals surface area contributed by atoms with E-state index in [1.54, 1.807) is 18.2 Å². The maximum atomic E-state index is 13.1. The molecule has 0 radical (unpaired) electrons. The third-order valence-electron chi connectivity index (χ3n) is 3.95.